The Hall–Kier alpha value is -3.40. The monoisotopic (exact) mass is 372 g/mol. The van der Waals surface area contributed by atoms with E-state index >= 15 is 0 Å². The second-order valence-corrected chi connectivity index (χ2v) is 6.78. The maximum Gasteiger partial charge on any atom is 0.244 e. The molecule has 4 nitrogen and oxygen atoms in total. The van der Waals surface area contributed by atoms with Crippen molar-refractivity contribution in [2.45, 2.75) is 27.2 Å². The maximum absolute atomic E-state index is 12.2. The van der Waals surface area contributed by atoms with Gasteiger partial charge < -0.3 is 4.74 Å². The Morgan fingerprint density at radius 2 is 1.61 bits per heavy atom. The van der Waals surface area contributed by atoms with E-state index in [0.717, 1.165) is 33.9 Å². The van der Waals surface area contributed by atoms with Gasteiger partial charge in [-0.15, -0.1) is 0 Å². The van der Waals surface area contributed by atoms with E-state index in [2.05, 4.69) is 16.6 Å². The van der Waals surface area contributed by atoms with Crippen molar-refractivity contribution in [2.24, 2.45) is 5.10 Å². The average Bonchev–Trinajstić information content (AvgIpc) is 2.70. The summed E-state index contributed by atoms with van der Waals surface area (Å²) in [6.07, 6.45) is 0.312. The molecule has 0 aliphatic rings. The Labute approximate surface area is 165 Å². The van der Waals surface area contributed by atoms with Gasteiger partial charge in [0, 0.05) is 0 Å². The molecule has 1 amide bonds. The Balaban J connectivity index is 1.59. The van der Waals surface area contributed by atoms with E-state index in [1.165, 1.54) is 5.56 Å². The predicted molar refractivity (Wildman–Crippen MR) is 113 cm³/mol. The molecular formula is C24H24N2O2. The van der Waals surface area contributed by atoms with Crippen LogP contribution >= 0.6 is 0 Å². The lowest BCUT2D eigenvalue weighted by Crippen LogP contribution is -2.21. The van der Waals surface area contributed by atoms with Gasteiger partial charge in [0.25, 0.3) is 0 Å². The van der Waals surface area contributed by atoms with Gasteiger partial charge in [-0.3, -0.25) is 4.79 Å². The molecular weight excluding hydrogens is 348 g/mol. The highest BCUT2D eigenvalue weighted by molar-refractivity contribution is 5.99. The smallest absolute Gasteiger partial charge is 0.244 e. The van der Waals surface area contributed by atoms with Gasteiger partial charge in [0.15, 0.2) is 0 Å². The molecule has 0 radical (unpaired) electrons. The van der Waals surface area contributed by atoms with Crippen LogP contribution in [0.1, 0.15) is 29.2 Å². The third-order valence-corrected chi connectivity index (χ3v) is 4.45. The number of amides is 1. The first-order chi connectivity index (χ1) is 13.5. The first-order valence-electron chi connectivity index (χ1n) is 9.24. The normalized spacial score (nSPS) is 11.2. The van der Waals surface area contributed by atoms with E-state index in [9.17, 15) is 4.79 Å². The highest BCUT2D eigenvalue weighted by Gasteiger charge is 2.06. The minimum absolute atomic E-state index is 0.129. The lowest BCUT2D eigenvalue weighted by atomic mass is 10.0. The van der Waals surface area contributed by atoms with Crippen LogP contribution in [0.15, 0.2) is 77.9 Å². The second kappa shape index (κ2) is 9.00. The van der Waals surface area contributed by atoms with E-state index in [4.69, 9.17) is 4.74 Å². The van der Waals surface area contributed by atoms with Crippen LogP contribution in [-0.2, 0) is 11.2 Å². The van der Waals surface area contributed by atoms with Crippen LogP contribution in [0.25, 0.3) is 0 Å². The molecule has 0 saturated carbocycles. The summed E-state index contributed by atoms with van der Waals surface area (Å²) < 4.78 is 5.79. The number of nitrogens with zero attached hydrogens (tertiary/aromatic N) is 1. The predicted octanol–water partition coefficient (Wildman–Crippen LogP) is 5.18. The molecule has 0 atom stereocenters. The minimum Gasteiger partial charge on any atom is -0.457 e. The summed E-state index contributed by atoms with van der Waals surface area (Å²) in [5.41, 5.74) is 7.62. The van der Waals surface area contributed by atoms with Crippen molar-refractivity contribution in [2.75, 3.05) is 0 Å². The van der Waals surface area contributed by atoms with E-state index in [1.54, 1.807) is 0 Å². The van der Waals surface area contributed by atoms with Gasteiger partial charge in [-0.05, 0) is 73.9 Å². The summed E-state index contributed by atoms with van der Waals surface area (Å²) in [6.45, 7) is 5.92. The van der Waals surface area contributed by atoms with Gasteiger partial charge >= 0.3 is 0 Å². The molecule has 0 fully saturated rings. The van der Waals surface area contributed by atoms with Crippen molar-refractivity contribution in [3.8, 4) is 11.5 Å². The third kappa shape index (κ3) is 5.30. The molecule has 0 saturated heterocycles. The third-order valence-electron chi connectivity index (χ3n) is 4.45. The standard InChI is InChI=1S/C24H24N2O2/c1-17-9-10-21(18(2)15-17)16-24(27)26-25-19(3)20-11-13-23(14-12-20)28-22-7-5-4-6-8-22/h4-15H,16H2,1-3H3,(H,26,27)/b25-19-. The first-order valence-corrected chi connectivity index (χ1v) is 9.24. The lowest BCUT2D eigenvalue weighted by molar-refractivity contribution is -0.120. The van der Waals surface area contributed by atoms with E-state index in [0.29, 0.717) is 6.42 Å². The summed E-state index contributed by atoms with van der Waals surface area (Å²) in [5.74, 6) is 1.41. The van der Waals surface area contributed by atoms with Crippen molar-refractivity contribution in [3.63, 3.8) is 0 Å². The summed E-state index contributed by atoms with van der Waals surface area (Å²) >= 11 is 0. The van der Waals surface area contributed by atoms with Gasteiger partial charge in [0.05, 0.1) is 12.1 Å². The number of hydrogen-bond acceptors (Lipinski definition) is 3. The molecule has 3 aromatic rings. The van der Waals surface area contributed by atoms with Crippen LogP contribution < -0.4 is 10.2 Å². The van der Waals surface area contributed by atoms with Gasteiger partial charge in [0.1, 0.15) is 11.5 Å². The minimum atomic E-state index is -0.129. The topological polar surface area (TPSA) is 50.7 Å². The van der Waals surface area contributed by atoms with Crippen LogP contribution in [0.4, 0.5) is 0 Å². The number of hydrogen-bond donors (Lipinski definition) is 1. The van der Waals surface area contributed by atoms with Crippen molar-refractivity contribution in [1.82, 2.24) is 5.43 Å². The molecule has 3 aromatic carbocycles. The zero-order chi connectivity index (χ0) is 19.9. The molecule has 28 heavy (non-hydrogen) atoms. The molecule has 0 unspecified atom stereocenters. The van der Waals surface area contributed by atoms with Crippen molar-refractivity contribution >= 4 is 11.6 Å². The molecule has 0 heterocycles. The number of benzene rings is 3. The largest absolute Gasteiger partial charge is 0.457 e. The van der Waals surface area contributed by atoms with E-state index < -0.39 is 0 Å². The van der Waals surface area contributed by atoms with Crippen LogP contribution in [0.5, 0.6) is 11.5 Å². The van der Waals surface area contributed by atoms with E-state index in [1.807, 2.05) is 87.5 Å². The summed E-state index contributed by atoms with van der Waals surface area (Å²) in [4.78, 5) is 12.2. The maximum atomic E-state index is 12.2. The number of para-hydroxylation sites is 1. The molecule has 0 aliphatic heterocycles. The molecule has 0 spiro atoms. The van der Waals surface area contributed by atoms with Crippen molar-refractivity contribution < 1.29 is 9.53 Å². The fourth-order valence-corrected chi connectivity index (χ4v) is 2.86. The SMILES string of the molecule is C/C(=N/NC(=O)Cc1ccc(C)cc1C)c1ccc(Oc2ccccc2)cc1. The molecule has 3 rings (SSSR count). The van der Waals surface area contributed by atoms with E-state index in [-0.39, 0.29) is 5.91 Å². The Kier molecular flexibility index (Phi) is 6.22. The molecule has 4 heteroatoms. The summed E-state index contributed by atoms with van der Waals surface area (Å²) in [5, 5.41) is 4.23. The highest BCUT2D eigenvalue weighted by Crippen LogP contribution is 2.21. The summed E-state index contributed by atoms with van der Waals surface area (Å²) in [7, 11) is 0. The van der Waals surface area contributed by atoms with Gasteiger partial charge in [-0.25, -0.2) is 5.43 Å². The number of ether oxygens (including phenoxy) is 1. The van der Waals surface area contributed by atoms with Gasteiger partial charge in [0.2, 0.25) is 5.91 Å². The Bertz CT molecular complexity index is 977. The van der Waals surface area contributed by atoms with Crippen molar-refractivity contribution in [1.29, 1.82) is 0 Å². The van der Waals surface area contributed by atoms with Crippen LogP contribution in [-0.4, -0.2) is 11.6 Å². The zero-order valence-electron chi connectivity index (χ0n) is 16.4. The van der Waals surface area contributed by atoms with Gasteiger partial charge in [-0.2, -0.15) is 5.10 Å². The van der Waals surface area contributed by atoms with Crippen LogP contribution in [0.3, 0.4) is 0 Å². The quantitative estimate of drug-likeness (QED) is 0.479. The number of carbonyl (C=O) groups excluding carboxylic acids is 1. The molecule has 0 bridgehead atoms. The van der Waals surface area contributed by atoms with Crippen LogP contribution in [0, 0.1) is 13.8 Å². The highest BCUT2D eigenvalue weighted by atomic mass is 16.5. The van der Waals surface area contributed by atoms with Crippen molar-refractivity contribution in [3.05, 3.63) is 95.1 Å². The Morgan fingerprint density at radius 1 is 0.929 bits per heavy atom. The molecule has 1 N–H and O–H groups in total. The lowest BCUT2D eigenvalue weighted by Gasteiger charge is -2.08. The van der Waals surface area contributed by atoms with Crippen LogP contribution in [0.2, 0.25) is 0 Å². The number of hydrazone groups is 1. The number of carbonyl (C=O) groups is 1. The Morgan fingerprint density at radius 3 is 2.29 bits per heavy atom. The molecule has 0 aromatic heterocycles. The number of aryl methyl sites for hydroxylation is 2. The fraction of sp³-hybridized carbons (Fsp3) is 0.167. The second-order valence-electron chi connectivity index (χ2n) is 6.78. The fourth-order valence-electron chi connectivity index (χ4n) is 2.86. The van der Waals surface area contributed by atoms with Gasteiger partial charge in [-0.1, -0.05) is 42.0 Å². The number of rotatable bonds is 6. The molecule has 0 aliphatic carbocycles. The average molecular weight is 372 g/mol. The summed E-state index contributed by atoms with van der Waals surface area (Å²) in [6, 6.07) is 23.3. The zero-order valence-corrected chi connectivity index (χ0v) is 16.4. The first kappa shape index (κ1) is 19.4. The number of nitrogens with one attached hydrogen (secondary N) is 1. The molecule has 142 valence electrons.